The van der Waals surface area contributed by atoms with Gasteiger partial charge in [-0.15, -0.1) is 0 Å². The van der Waals surface area contributed by atoms with E-state index < -0.39 is 58.3 Å². The first-order valence-electron chi connectivity index (χ1n) is 10.6. The number of thioether (sulfide) groups is 1. The number of aromatic nitrogens is 3. The van der Waals surface area contributed by atoms with E-state index in [4.69, 9.17) is 17.3 Å². The number of rotatable bonds is 7. The van der Waals surface area contributed by atoms with Gasteiger partial charge in [0.1, 0.15) is 5.82 Å². The van der Waals surface area contributed by atoms with Gasteiger partial charge in [-0.25, -0.2) is 32.8 Å². The lowest BCUT2D eigenvalue weighted by atomic mass is 10.0. The molecule has 4 rings (SSSR count). The molecule has 0 saturated heterocycles. The van der Waals surface area contributed by atoms with Gasteiger partial charge in [0.2, 0.25) is 5.95 Å². The van der Waals surface area contributed by atoms with Gasteiger partial charge in [-0.3, -0.25) is 4.57 Å². The first-order valence-corrected chi connectivity index (χ1v) is 12.2. The fourth-order valence-corrected chi connectivity index (χ4v) is 4.26. The molecule has 1 aromatic heterocycles. The van der Waals surface area contributed by atoms with Crippen LogP contribution in [0.2, 0.25) is 0 Å². The lowest BCUT2D eigenvalue weighted by Crippen LogP contribution is -2.44. The monoisotopic (exact) mass is 557 g/mol. The van der Waals surface area contributed by atoms with E-state index in [2.05, 4.69) is 15.7 Å². The Kier molecular flexibility index (Phi) is 7.52. The molecule has 2 aliphatic rings. The molecule has 1 aliphatic carbocycles. The van der Waals surface area contributed by atoms with Crippen molar-refractivity contribution >= 4 is 29.3 Å². The quantitative estimate of drug-likeness (QED) is 0.352. The third-order valence-corrected chi connectivity index (χ3v) is 6.45. The molecule has 9 nitrogen and oxygen atoms in total. The molecule has 1 aliphatic heterocycles. The Morgan fingerprint density at radius 1 is 1.22 bits per heavy atom. The molecule has 0 saturated carbocycles. The molecule has 1 aromatic carbocycles. The van der Waals surface area contributed by atoms with Crippen LogP contribution in [0.3, 0.4) is 0 Å². The topological polar surface area (TPSA) is 110 Å². The number of benzene rings is 1. The Balaban J connectivity index is 1.83. The second kappa shape index (κ2) is 10.5. The summed E-state index contributed by atoms with van der Waals surface area (Å²) < 4.78 is 57.0. The second-order valence-corrected chi connectivity index (χ2v) is 9.25. The number of nitrogens with two attached hydrogens (primary N) is 1. The first kappa shape index (κ1) is 26.6. The van der Waals surface area contributed by atoms with E-state index in [1.54, 1.807) is 30.4 Å². The fourth-order valence-electron chi connectivity index (χ4n) is 3.71. The smallest absolute Gasteiger partial charge is 0.355 e. The number of allylic oxidation sites excluding steroid dienone is 2. The highest BCUT2D eigenvalue weighted by Gasteiger charge is 2.26. The lowest BCUT2D eigenvalue weighted by molar-refractivity contribution is 0.349. The highest BCUT2D eigenvalue weighted by Crippen LogP contribution is 2.29. The number of nitrogens with zero attached hydrogens (tertiary/aromatic N) is 4. The zero-order valence-electron chi connectivity index (χ0n) is 19.4. The zero-order valence-corrected chi connectivity index (χ0v) is 20.9. The van der Waals surface area contributed by atoms with E-state index >= 15 is 0 Å². The molecular formula is C22H20ClF4N7O2S. The number of hydrazine groups is 1. The molecule has 2 aromatic rings. The van der Waals surface area contributed by atoms with Crippen molar-refractivity contribution in [2.45, 2.75) is 19.1 Å². The average Bonchev–Trinajstić information content (AvgIpc) is 3.20. The summed E-state index contributed by atoms with van der Waals surface area (Å²) in [5.41, 5.74) is 6.89. The Morgan fingerprint density at radius 3 is 2.62 bits per heavy atom. The fraction of sp³-hybridized carbons (Fsp3) is 0.227. The summed E-state index contributed by atoms with van der Waals surface area (Å²) in [7, 11) is 1.78. The van der Waals surface area contributed by atoms with Crippen molar-refractivity contribution in [3.05, 3.63) is 102 Å². The molecule has 37 heavy (non-hydrogen) atoms. The minimum absolute atomic E-state index is 0.205. The molecule has 0 radical (unpaired) electrons. The molecule has 0 amide bonds. The van der Waals surface area contributed by atoms with Crippen LogP contribution in [-0.2, 0) is 13.1 Å². The summed E-state index contributed by atoms with van der Waals surface area (Å²) in [5.74, 6) is -4.25. The van der Waals surface area contributed by atoms with Crippen LogP contribution in [0.15, 0.2) is 67.2 Å². The largest absolute Gasteiger partial charge is 0.398 e. The van der Waals surface area contributed by atoms with Gasteiger partial charge >= 0.3 is 11.4 Å². The van der Waals surface area contributed by atoms with Crippen LogP contribution in [0.1, 0.15) is 5.56 Å². The normalized spacial score (nSPS) is 17.6. The van der Waals surface area contributed by atoms with Crippen LogP contribution in [0, 0.1) is 17.5 Å². The minimum atomic E-state index is -1.41. The van der Waals surface area contributed by atoms with Crippen molar-refractivity contribution in [2.24, 2.45) is 5.73 Å². The third kappa shape index (κ3) is 5.45. The van der Waals surface area contributed by atoms with E-state index in [0.717, 1.165) is 10.1 Å². The minimum Gasteiger partial charge on any atom is -0.398 e. The predicted octanol–water partition coefficient (Wildman–Crippen LogP) is 2.47. The van der Waals surface area contributed by atoms with E-state index in [0.29, 0.717) is 28.5 Å². The summed E-state index contributed by atoms with van der Waals surface area (Å²) in [6.07, 6.45) is 6.52. The molecule has 0 bridgehead atoms. The van der Waals surface area contributed by atoms with Crippen LogP contribution in [-0.4, -0.2) is 38.5 Å². The summed E-state index contributed by atoms with van der Waals surface area (Å²) >= 11 is 7.05. The summed E-state index contributed by atoms with van der Waals surface area (Å²) in [6.45, 7) is -1.30. The van der Waals surface area contributed by atoms with Gasteiger partial charge in [-0.05, 0) is 30.0 Å². The van der Waals surface area contributed by atoms with Crippen molar-refractivity contribution in [2.75, 3.05) is 18.6 Å². The van der Waals surface area contributed by atoms with Crippen molar-refractivity contribution < 1.29 is 17.6 Å². The Labute approximate surface area is 216 Å². The van der Waals surface area contributed by atoms with Crippen molar-refractivity contribution in [3.8, 4) is 0 Å². The van der Waals surface area contributed by atoms with Gasteiger partial charge in [-0.2, -0.15) is 9.37 Å². The van der Waals surface area contributed by atoms with E-state index in [1.807, 2.05) is 0 Å². The molecule has 15 heteroatoms. The van der Waals surface area contributed by atoms with Crippen LogP contribution in [0.4, 0.5) is 23.5 Å². The third-order valence-electron chi connectivity index (χ3n) is 5.50. The number of hydrogen-bond donors (Lipinski definition) is 3. The Hall–Kier alpha value is -3.49. The summed E-state index contributed by atoms with van der Waals surface area (Å²) in [6, 6.07) is 0.712. The summed E-state index contributed by atoms with van der Waals surface area (Å²) in [5, 5.41) is 3.92. The van der Waals surface area contributed by atoms with Crippen LogP contribution in [0.5, 0.6) is 0 Å². The molecule has 1 atom stereocenters. The Bertz CT molecular complexity index is 1520. The molecule has 0 fully saturated rings. The molecule has 196 valence electrons. The maximum absolute atomic E-state index is 14.5. The standard InChI is InChI=1S/C22H20ClF4N7O2S/c1-32-7-11-4-18(12(23)5-17(11)31-32)29-20-30-21(35)34(9-16(28)19(27)37-2)22(36)33(20)8-10-3-14(25)15(26)6-13(10)24/h3-7,17,31H,8-9,28H2,1-2H3,(H,29,30,35). The van der Waals surface area contributed by atoms with Gasteiger partial charge in [0.15, 0.2) is 16.8 Å². The van der Waals surface area contributed by atoms with Crippen molar-refractivity contribution in [3.63, 3.8) is 0 Å². The number of halogens is 5. The lowest BCUT2D eigenvalue weighted by Gasteiger charge is -2.21. The summed E-state index contributed by atoms with van der Waals surface area (Å²) in [4.78, 5) is 29.9. The Morgan fingerprint density at radius 2 is 1.92 bits per heavy atom. The number of anilines is 1. The van der Waals surface area contributed by atoms with E-state index in [9.17, 15) is 27.2 Å². The van der Waals surface area contributed by atoms with Gasteiger partial charge in [0.05, 0.1) is 35.6 Å². The van der Waals surface area contributed by atoms with Crippen molar-refractivity contribution in [1.82, 2.24) is 24.6 Å². The van der Waals surface area contributed by atoms with Crippen LogP contribution < -0.4 is 27.9 Å². The maximum atomic E-state index is 14.5. The van der Waals surface area contributed by atoms with E-state index in [-0.39, 0.29) is 22.7 Å². The number of hydrogen-bond acceptors (Lipinski definition) is 8. The highest BCUT2D eigenvalue weighted by atomic mass is 35.5. The molecular weight excluding hydrogens is 538 g/mol. The number of nitrogens with one attached hydrogen (secondary N) is 2. The van der Waals surface area contributed by atoms with E-state index in [1.165, 1.54) is 6.26 Å². The SMILES string of the molecule is CSC(F)=C(N)Cn1c(=O)nc(NC2=CC3=CN(C)NC3C=C2Cl)n(Cc2cc(F)c(F)cc2F)c1=O. The molecule has 2 heterocycles. The van der Waals surface area contributed by atoms with Crippen LogP contribution in [0.25, 0.3) is 0 Å². The van der Waals surface area contributed by atoms with Crippen LogP contribution >= 0.6 is 23.4 Å². The first-order chi connectivity index (χ1) is 17.5. The van der Waals surface area contributed by atoms with Crippen molar-refractivity contribution in [1.29, 1.82) is 0 Å². The van der Waals surface area contributed by atoms with Gasteiger partial charge in [0, 0.05) is 24.9 Å². The van der Waals surface area contributed by atoms with Gasteiger partial charge in [-0.1, -0.05) is 23.4 Å². The highest BCUT2D eigenvalue weighted by molar-refractivity contribution is 8.02. The predicted molar refractivity (Wildman–Crippen MR) is 132 cm³/mol. The maximum Gasteiger partial charge on any atom is 0.355 e. The zero-order chi connectivity index (χ0) is 27.0. The molecule has 4 N–H and O–H groups in total. The average molecular weight is 558 g/mol. The second-order valence-electron chi connectivity index (χ2n) is 8.08. The molecule has 1 unspecified atom stereocenters. The number of fused-ring (bicyclic) bond motifs is 1. The molecule has 0 spiro atoms. The van der Waals surface area contributed by atoms with Gasteiger partial charge in [0.25, 0.3) is 0 Å². The van der Waals surface area contributed by atoms with Gasteiger partial charge < -0.3 is 16.1 Å².